The van der Waals surface area contributed by atoms with Crippen molar-refractivity contribution in [2.24, 2.45) is 11.0 Å². The molecule has 0 radical (unpaired) electrons. The number of hydrogen-bond acceptors (Lipinski definition) is 5. The predicted octanol–water partition coefficient (Wildman–Crippen LogP) is 2.46. The fraction of sp³-hybridized carbons (Fsp3) is 0.545. The highest BCUT2D eigenvalue weighted by Crippen LogP contribution is 2.13. The summed E-state index contributed by atoms with van der Waals surface area (Å²) in [7, 11) is 1.42. The minimum absolute atomic E-state index is 0.0130. The number of rotatable bonds is 6. The Balaban J connectivity index is 2.68. The molecule has 0 bridgehead atoms. The number of hydrogen-bond donors (Lipinski definition) is 1. The van der Waals surface area contributed by atoms with Crippen molar-refractivity contribution in [3.63, 3.8) is 0 Å². The monoisotopic (exact) mass is 240 g/mol. The van der Waals surface area contributed by atoms with Gasteiger partial charge in [0.1, 0.15) is 0 Å². The van der Waals surface area contributed by atoms with Gasteiger partial charge in [0, 0.05) is 6.21 Å². The molecule has 1 aromatic rings. The lowest BCUT2D eigenvalue weighted by atomic mass is 10.1. The summed E-state index contributed by atoms with van der Waals surface area (Å²) in [6.07, 6.45) is 4.79. The molecule has 6 heteroatoms. The lowest BCUT2D eigenvalue weighted by molar-refractivity contribution is 0.377. The van der Waals surface area contributed by atoms with Crippen LogP contribution in [-0.4, -0.2) is 23.3 Å². The average Bonchev–Trinajstić information content (AvgIpc) is 2.36. The van der Waals surface area contributed by atoms with Crippen LogP contribution in [0.4, 0.5) is 10.2 Å². The molecule has 0 spiro atoms. The maximum absolute atomic E-state index is 13.3. The van der Waals surface area contributed by atoms with Crippen molar-refractivity contribution in [3.05, 3.63) is 12.0 Å². The van der Waals surface area contributed by atoms with Gasteiger partial charge in [0.15, 0.2) is 11.6 Å². The Hall–Kier alpha value is -1.72. The standard InChI is InChI=1S/C11H17FN4O/c1-4-8(5-2)6-14-16-10-9(12)7-13-11(15-10)17-3/h6-8H,4-5H2,1-3H3,(H,13,15,16)/b14-6+. The van der Waals surface area contributed by atoms with Crippen molar-refractivity contribution in [1.82, 2.24) is 9.97 Å². The Morgan fingerprint density at radius 2 is 2.24 bits per heavy atom. The first kappa shape index (κ1) is 13.3. The van der Waals surface area contributed by atoms with Gasteiger partial charge in [0.25, 0.3) is 0 Å². The summed E-state index contributed by atoms with van der Waals surface area (Å²) in [6.45, 7) is 4.16. The average molecular weight is 240 g/mol. The van der Waals surface area contributed by atoms with Crippen LogP contribution >= 0.6 is 0 Å². The molecule has 0 atom stereocenters. The summed E-state index contributed by atoms with van der Waals surface area (Å²) in [5.74, 6) is -0.166. The Bertz CT molecular complexity index is 380. The number of nitrogens with one attached hydrogen (secondary N) is 1. The Labute approximate surface area is 100 Å². The minimum Gasteiger partial charge on any atom is -0.467 e. The quantitative estimate of drug-likeness (QED) is 0.613. The number of methoxy groups -OCH3 is 1. The van der Waals surface area contributed by atoms with E-state index in [1.54, 1.807) is 6.21 Å². The first-order valence-corrected chi connectivity index (χ1v) is 5.56. The van der Waals surface area contributed by atoms with Crippen molar-refractivity contribution >= 4 is 12.0 Å². The largest absolute Gasteiger partial charge is 0.467 e. The van der Waals surface area contributed by atoms with Gasteiger partial charge >= 0.3 is 6.01 Å². The van der Waals surface area contributed by atoms with Crippen LogP contribution in [0.25, 0.3) is 0 Å². The van der Waals surface area contributed by atoms with E-state index >= 15 is 0 Å². The Morgan fingerprint density at radius 1 is 1.53 bits per heavy atom. The first-order chi connectivity index (χ1) is 8.21. The highest BCUT2D eigenvalue weighted by molar-refractivity contribution is 5.61. The summed E-state index contributed by atoms with van der Waals surface area (Å²) in [4.78, 5) is 7.44. The molecule has 1 N–H and O–H groups in total. The van der Waals surface area contributed by atoms with E-state index in [1.807, 2.05) is 0 Å². The third-order valence-electron chi connectivity index (χ3n) is 2.41. The molecular formula is C11H17FN4O. The molecule has 0 fully saturated rings. The Morgan fingerprint density at radius 3 is 2.82 bits per heavy atom. The van der Waals surface area contributed by atoms with Gasteiger partial charge in [-0.25, -0.2) is 9.37 Å². The summed E-state index contributed by atoms with van der Waals surface area (Å²) < 4.78 is 18.1. The van der Waals surface area contributed by atoms with Gasteiger partial charge in [-0.3, -0.25) is 5.43 Å². The second-order valence-electron chi connectivity index (χ2n) is 3.52. The molecule has 0 aliphatic heterocycles. The number of halogens is 1. The fourth-order valence-corrected chi connectivity index (χ4v) is 1.23. The molecule has 1 heterocycles. The maximum Gasteiger partial charge on any atom is 0.318 e. The second-order valence-corrected chi connectivity index (χ2v) is 3.52. The molecule has 17 heavy (non-hydrogen) atoms. The zero-order valence-electron chi connectivity index (χ0n) is 10.3. The van der Waals surface area contributed by atoms with Crippen LogP contribution in [0.1, 0.15) is 26.7 Å². The zero-order valence-corrected chi connectivity index (χ0v) is 10.3. The van der Waals surface area contributed by atoms with Crippen LogP contribution in [0.15, 0.2) is 11.3 Å². The van der Waals surface area contributed by atoms with Crippen LogP contribution in [0, 0.1) is 11.7 Å². The molecule has 0 saturated carbocycles. The molecule has 0 aromatic carbocycles. The lowest BCUT2D eigenvalue weighted by Gasteiger charge is -2.05. The molecule has 0 saturated heterocycles. The predicted molar refractivity (Wildman–Crippen MR) is 64.7 cm³/mol. The van der Waals surface area contributed by atoms with E-state index in [4.69, 9.17) is 4.74 Å². The van der Waals surface area contributed by atoms with Gasteiger partial charge in [-0.1, -0.05) is 13.8 Å². The summed E-state index contributed by atoms with van der Waals surface area (Å²) in [5.41, 5.74) is 2.55. The summed E-state index contributed by atoms with van der Waals surface area (Å²) in [5, 5.41) is 3.96. The van der Waals surface area contributed by atoms with Crippen molar-refractivity contribution < 1.29 is 9.13 Å². The van der Waals surface area contributed by atoms with Crippen LogP contribution in [0.2, 0.25) is 0 Å². The smallest absolute Gasteiger partial charge is 0.318 e. The third-order valence-corrected chi connectivity index (χ3v) is 2.41. The second kappa shape index (κ2) is 6.78. The molecule has 0 unspecified atom stereocenters. The molecule has 0 aliphatic carbocycles. The van der Waals surface area contributed by atoms with Gasteiger partial charge in [0.2, 0.25) is 0 Å². The SMILES string of the molecule is CCC(/C=N/Nc1nc(OC)ncc1F)CC. The number of ether oxygens (including phenoxy) is 1. The van der Waals surface area contributed by atoms with Gasteiger partial charge in [-0.2, -0.15) is 10.1 Å². The highest BCUT2D eigenvalue weighted by Gasteiger charge is 2.06. The van der Waals surface area contributed by atoms with Gasteiger partial charge in [-0.15, -0.1) is 0 Å². The molecule has 5 nitrogen and oxygen atoms in total. The van der Waals surface area contributed by atoms with Crippen molar-refractivity contribution in [2.45, 2.75) is 26.7 Å². The number of hydrazone groups is 1. The van der Waals surface area contributed by atoms with Crippen LogP contribution in [0.5, 0.6) is 6.01 Å². The minimum atomic E-state index is -0.563. The fourth-order valence-electron chi connectivity index (χ4n) is 1.23. The lowest BCUT2D eigenvalue weighted by Crippen LogP contribution is -2.03. The van der Waals surface area contributed by atoms with Crippen molar-refractivity contribution in [1.29, 1.82) is 0 Å². The molecule has 1 aromatic heterocycles. The zero-order chi connectivity index (χ0) is 12.7. The normalized spacial score (nSPS) is 11.1. The van der Waals surface area contributed by atoms with Gasteiger partial charge < -0.3 is 4.74 Å². The molecule has 0 aliphatic rings. The molecule has 94 valence electrons. The van der Waals surface area contributed by atoms with E-state index in [-0.39, 0.29) is 11.8 Å². The van der Waals surface area contributed by atoms with E-state index < -0.39 is 5.82 Å². The van der Waals surface area contributed by atoms with Crippen LogP contribution in [0.3, 0.4) is 0 Å². The first-order valence-electron chi connectivity index (χ1n) is 5.56. The van der Waals surface area contributed by atoms with E-state index in [1.165, 1.54) is 7.11 Å². The van der Waals surface area contributed by atoms with Crippen LogP contribution in [-0.2, 0) is 0 Å². The van der Waals surface area contributed by atoms with Gasteiger partial charge in [-0.05, 0) is 18.8 Å². The number of aromatic nitrogens is 2. The number of nitrogens with zero attached hydrogens (tertiary/aromatic N) is 3. The molecular weight excluding hydrogens is 223 g/mol. The summed E-state index contributed by atoms with van der Waals surface area (Å²) in [6, 6.07) is 0.103. The van der Waals surface area contributed by atoms with E-state index in [2.05, 4.69) is 34.3 Å². The van der Waals surface area contributed by atoms with Crippen molar-refractivity contribution in [2.75, 3.05) is 12.5 Å². The van der Waals surface area contributed by atoms with Gasteiger partial charge in [0.05, 0.1) is 13.3 Å². The molecule has 1 rings (SSSR count). The van der Waals surface area contributed by atoms with Crippen LogP contribution < -0.4 is 10.2 Å². The number of anilines is 1. The topological polar surface area (TPSA) is 59.4 Å². The summed E-state index contributed by atoms with van der Waals surface area (Å²) >= 11 is 0. The highest BCUT2D eigenvalue weighted by atomic mass is 19.1. The third kappa shape index (κ3) is 3.97. The Kier molecular flexibility index (Phi) is 5.32. The van der Waals surface area contributed by atoms with E-state index in [0.717, 1.165) is 19.0 Å². The van der Waals surface area contributed by atoms with E-state index in [0.29, 0.717) is 5.92 Å². The van der Waals surface area contributed by atoms with Crippen molar-refractivity contribution in [3.8, 4) is 6.01 Å². The van der Waals surface area contributed by atoms with E-state index in [9.17, 15) is 4.39 Å². The maximum atomic E-state index is 13.3. The molecule has 0 amide bonds.